The van der Waals surface area contributed by atoms with E-state index in [1.165, 1.54) is 0 Å². The second-order valence-electron chi connectivity index (χ2n) is 3.98. The Labute approximate surface area is 97.3 Å². The molecule has 1 unspecified atom stereocenters. The first-order chi connectivity index (χ1) is 7.58. The molecule has 0 bridgehead atoms. The Morgan fingerprint density at radius 2 is 2.06 bits per heavy atom. The van der Waals surface area contributed by atoms with Gasteiger partial charge < -0.3 is 15.8 Å². The lowest BCUT2D eigenvalue weighted by Gasteiger charge is -2.22. The lowest BCUT2D eigenvalue weighted by molar-refractivity contribution is -0.132. The summed E-state index contributed by atoms with van der Waals surface area (Å²) in [5, 5.41) is 11.6. The average molecular weight is 229 g/mol. The van der Waals surface area contributed by atoms with Crippen molar-refractivity contribution in [1.29, 1.82) is 0 Å². The van der Waals surface area contributed by atoms with Crippen LogP contribution in [0.2, 0.25) is 0 Å². The summed E-state index contributed by atoms with van der Waals surface area (Å²) >= 11 is 0. The number of nitrogens with two attached hydrogens (primary N) is 1. The highest BCUT2D eigenvalue weighted by atomic mass is 16.4. The van der Waals surface area contributed by atoms with E-state index in [0.29, 0.717) is 13.0 Å². The van der Waals surface area contributed by atoms with Gasteiger partial charge in [-0.2, -0.15) is 0 Å². The number of carbonyl (C=O) groups excluding carboxylic acids is 1. The van der Waals surface area contributed by atoms with Crippen molar-refractivity contribution in [2.24, 2.45) is 16.8 Å². The van der Waals surface area contributed by atoms with Gasteiger partial charge in [0.2, 0.25) is 5.91 Å². The molecule has 0 radical (unpaired) electrons. The number of carbonyl (C=O) groups is 1. The largest absolute Gasteiger partial charge is 0.409 e. The maximum atomic E-state index is 12.0. The summed E-state index contributed by atoms with van der Waals surface area (Å²) in [6.07, 6.45) is 3.45. The van der Waals surface area contributed by atoms with Gasteiger partial charge in [0.25, 0.3) is 0 Å². The van der Waals surface area contributed by atoms with E-state index in [0.717, 1.165) is 19.3 Å². The molecule has 3 N–H and O–H groups in total. The van der Waals surface area contributed by atoms with Crippen LogP contribution < -0.4 is 5.73 Å². The minimum Gasteiger partial charge on any atom is -0.409 e. The van der Waals surface area contributed by atoms with Gasteiger partial charge in [-0.15, -0.1) is 0 Å². The fourth-order valence-corrected chi connectivity index (χ4v) is 1.53. The van der Waals surface area contributed by atoms with E-state index in [9.17, 15) is 4.79 Å². The topological polar surface area (TPSA) is 78.9 Å². The molecule has 0 aromatic heterocycles. The minimum absolute atomic E-state index is 0.00944. The quantitative estimate of drug-likeness (QED) is 0.300. The molecule has 0 spiro atoms. The fraction of sp³-hybridized carbons (Fsp3) is 0.818. The highest BCUT2D eigenvalue weighted by molar-refractivity contribution is 6.01. The lowest BCUT2D eigenvalue weighted by atomic mass is 10.0. The lowest BCUT2D eigenvalue weighted by Crippen LogP contribution is -2.40. The van der Waals surface area contributed by atoms with E-state index in [4.69, 9.17) is 10.9 Å². The Morgan fingerprint density at radius 3 is 2.50 bits per heavy atom. The van der Waals surface area contributed by atoms with Crippen molar-refractivity contribution >= 4 is 11.7 Å². The van der Waals surface area contributed by atoms with Gasteiger partial charge in [0.05, 0.1) is 5.92 Å². The first-order valence-corrected chi connectivity index (χ1v) is 5.80. The number of amidine groups is 1. The van der Waals surface area contributed by atoms with Gasteiger partial charge in [-0.3, -0.25) is 4.79 Å². The van der Waals surface area contributed by atoms with Crippen molar-refractivity contribution < 1.29 is 10.0 Å². The summed E-state index contributed by atoms with van der Waals surface area (Å²) in [5.41, 5.74) is 5.52. The third-order valence-corrected chi connectivity index (χ3v) is 2.57. The Morgan fingerprint density at radius 1 is 1.44 bits per heavy atom. The van der Waals surface area contributed by atoms with Gasteiger partial charge >= 0.3 is 0 Å². The Kier molecular flexibility index (Phi) is 7.33. The first kappa shape index (κ1) is 14.7. The third kappa shape index (κ3) is 4.51. The van der Waals surface area contributed by atoms with E-state index in [2.05, 4.69) is 12.1 Å². The van der Waals surface area contributed by atoms with Crippen molar-refractivity contribution in [3.8, 4) is 0 Å². The maximum absolute atomic E-state index is 12.0. The SMILES string of the molecule is CCCCN(C)C(=O)C(CCC)C(N)=NO. The van der Waals surface area contributed by atoms with E-state index in [-0.39, 0.29) is 11.7 Å². The molecule has 1 amide bonds. The molecular formula is C11H23N3O2. The van der Waals surface area contributed by atoms with E-state index >= 15 is 0 Å². The molecule has 5 heteroatoms. The summed E-state index contributed by atoms with van der Waals surface area (Å²) < 4.78 is 0. The van der Waals surface area contributed by atoms with Crippen LogP contribution in [0.4, 0.5) is 0 Å². The van der Waals surface area contributed by atoms with Crippen LogP contribution in [-0.2, 0) is 4.79 Å². The molecule has 0 aliphatic heterocycles. The van der Waals surface area contributed by atoms with Crippen LogP contribution >= 0.6 is 0 Å². The molecule has 0 aromatic carbocycles. The smallest absolute Gasteiger partial charge is 0.233 e. The normalized spacial score (nSPS) is 13.6. The number of hydrogen-bond donors (Lipinski definition) is 2. The summed E-state index contributed by atoms with van der Waals surface area (Å²) in [7, 11) is 1.76. The molecule has 0 saturated heterocycles. The van der Waals surface area contributed by atoms with Gasteiger partial charge in [-0.05, 0) is 12.8 Å². The molecule has 0 aliphatic rings. The molecular weight excluding hydrogens is 206 g/mol. The minimum atomic E-state index is -0.489. The monoisotopic (exact) mass is 229 g/mol. The van der Waals surface area contributed by atoms with Crippen LogP contribution in [0, 0.1) is 5.92 Å². The van der Waals surface area contributed by atoms with E-state index in [1.807, 2.05) is 6.92 Å². The molecule has 0 aromatic rings. The maximum Gasteiger partial charge on any atom is 0.233 e. The van der Waals surface area contributed by atoms with Crippen molar-refractivity contribution in [2.45, 2.75) is 39.5 Å². The Bertz CT molecular complexity index is 241. The Balaban J connectivity index is 4.48. The molecule has 0 aliphatic carbocycles. The Hall–Kier alpha value is -1.26. The van der Waals surface area contributed by atoms with E-state index < -0.39 is 5.92 Å². The summed E-state index contributed by atoms with van der Waals surface area (Å²) in [6.45, 7) is 4.76. The summed E-state index contributed by atoms with van der Waals surface area (Å²) in [4.78, 5) is 13.6. The van der Waals surface area contributed by atoms with Crippen LogP contribution in [0.1, 0.15) is 39.5 Å². The number of nitrogens with zero attached hydrogens (tertiary/aromatic N) is 2. The summed E-state index contributed by atoms with van der Waals surface area (Å²) in [6, 6.07) is 0. The zero-order chi connectivity index (χ0) is 12.6. The standard InChI is InChI=1S/C11H23N3O2/c1-4-6-8-14(3)11(15)9(7-5-2)10(12)13-16/h9,16H,4-8H2,1-3H3,(H2,12,13). The second kappa shape index (κ2) is 7.96. The number of unbranched alkanes of at least 4 members (excludes halogenated alkanes) is 1. The number of amides is 1. The highest BCUT2D eigenvalue weighted by Gasteiger charge is 2.24. The van der Waals surface area contributed by atoms with Gasteiger partial charge in [-0.25, -0.2) is 0 Å². The first-order valence-electron chi connectivity index (χ1n) is 5.80. The molecule has 94 valence electrons. The van der Waals surface area contributed by atoms with Crippen LogP contribution in [0.25, 0.3) is 0 Å². The van der Waals surface area contributed by atoms with Crippen molar-refractivity contribution in [2.75, 3.05) is 13.6 Å². The molecule has 16 heavy (non-hydrogen) atoms. The highest BCUT2D eigenvalue weighted by Crippen LogP contribution is 2.10. The summed E-state index contributed by atoms with van der Waals surface area (Å²) in [5.74, 6) is -0.544. The number of oxime groups is 1. The second-order valence-corrected chi connectivity index (χ2v) is 3.98. The predicted molar refractivity (Wildman–Crippen MR) is 64.4 cm³/mol. The zero-order valence-corrected chi connectivity index (χ0v) is 10.4. The molecule has 0 heterocycles. The molecule has 0 rings (SSSR count). The van der Waals surface area contributed by atoms with Crippen LogP contribution in [-0.4, -0.2) is 35.4 Å². The van der Waals surface area contributed by atoms with Gasteiger partial charge in [-0.1, -0.05) is 31.8 Å². The van der Waals surface area contributed by atoms with Gasteiger partial charge in [0.1, 0.15) is 0 Å². The van der Waals surface area contributed by atoms with Gasteiger partial charge in [0, 0.05) is 13.6 Å². The van der Waals surface area contributed by atoms with E-state index in [1.54, 1.807) is 11.9 Å². The molecule has 0 fully saturated rings. The molecule has 0 saturated carbocycles. The number of rotatable bonds is 7. The van der Waals surface area contributed by atoms with Gasteiger partial charge in [0.15, 0.2) is 5.84 Å². The van der Waals surface area contributed by atoms with Crippen LogP contribution in [0.3, 0.4) is 0 Å². The third-order valence-electron chi connectivity index (χ3n) is 2.57. The molecule has 5 nitrogen and oxygen atoms in total. The van der Waals surface area contributed by atoms with Crippen molar-refractivity contribution in [3.05, 3.63) is 0 Å². The number of hydrogen-bond acceptors (Lipinski definition) is 3. The van der Waals surface area contributed by atoms with Crippen LogP contribution in [0.5, 0.6) is 0 Å². The molecule has 1 atom stereocenters. The fourth-order valence-electron chi connectivity index (χ4n) is 1.53. The zero-order valence-electron chi connectivity index (χ0n) is 10.4. The van der Waals surface area contributed by atoms with Crippen LogP contribution in [0.15, 0.2) is 5.16 Å². The average Bonchev–Trinajstić information content (AvgIpc) is 2.31. The predicted octanol–water partition coefficient (Wildman–Crippen LogP) is 1.41. The van der Waals surface area contributed by atoms with Crippen molar-refractivity contribution in [3.63, 3.8) is 0 Å². The van der Waals surface area contributed by atoms with Crippen molar-refractivity contribution in [1.82, 2.24) is 4.90 Å².